The van der Waals surface area contributed by atoms with E-state index in [9.17, 15) is 4.79 Å². The number of hydrogen-bond acceptors (Lipinski definition) is 2. The Balaban J connectivity index is 2.39. The van der Waals surface area contributed by atoms with E-state index in [2.05, 4.69) is 38.1 Å². The Morgan fingerprint density at radius 2 is 1.82 bits per heavy atom. The molecule has 1 atom stereocenters. The largest absolute Gasteiger partial charge is 0.330 e. The Hall–Kier alpha value is -1.15. The molecule has 2 nitrogen and oxygen atoms in total. The number of nitrogens with two attached hydrogens (primary N) is 1. The van der Waals surface area contributed by atoms with Gasteiger partial charge in [0.25, 0.3) is 0 Å². The van der Waals surface area contributed by atoms with E-state index in [4.69, 9.17) is 5.73 Å². The molecule has 94 valence electrons. The summed E-state index contributed by atoms with van der Waals surface area (Å²) < 4.78 is 0. The molecular weight excluding hydrogens is 210 g/mol. The lowest BCUT2D eigenvalue weighted by molar-refractivity contribution is -0.118. The van der Waals surface area contributed by atoms with Crippen molar-refractivity contribution >= 4 is 5.78 Å². The molecule has 17 heavy (non-hydrogen) atoms. The highest BCUT2D eigenvalue weighted by Gasteiger charge is 2.06. The van der Waals surface area contributed by atoms with E-state index in [1.165, 1.54) is 5.56 Å². The molecule has 1 aromatic rings. The van der Waals surface area contributed by atoms with E-state index in [1.54, 1.807) is 0 Å². The molecule has 0 saturated heterocycles. The summed E-state index contributed by atoms with van der Waals surface area (Å²) in [6, 6.07) is 8.32. The van der Waals surface area contributed by atoms with E-state index in [0.29, 0.717) is 31.1 Å². The molecule has 0 spiro atoms. The van der Waals surface area contributed by atoms with Crippen molar-refractivity contribution in [3.05, 3.63) is 35.4 Å². The number of Topliss-reactive ketones (excluding diaryl/α,β-unsaturated/α-hetero) is 1. The lowest BCUT2D eigenvalue weighted by atomic mass is 9.99. The second-order valence-corrected chi connectivity index (χ2v) is 4.77. The van der Waals surface area contributed by atoms with Gasteiger partial charge in [0.15, 0.2) is 0 Å². The molecule has 0 saturated carbocycles. The van der Waals surface area contributed by atoms with Gasteiger partial charge in [0.05, 0.1) is 0 Å². The second kappa shape index (κ2) is 7.23. The first-order valence-corrected chi connectivity index (χ1v) is 6.45. The van der Waals surface area contributed by atoms with Gasteiger partial charge in [-0.05, 0) is 36.4 Å². The molecule has 2 heteroatoms. The Bertz CT molecular complexity index is 342. The Kier molecular flexibility index (Phi) is 5.92. The molecule has 2 N–H and O–H groups in total. The number of hydrogen-bond donors (Lipinski definition) is 1. The highest BCUT2D eigenvalue weighted by Crippen LogP contribution is 2.09. The van der Waals surface area contributed by atoms with Crippen LogP contribution in [0.4, 0.5) is 0 Å². The Morgan fingerprint density at radius 3 is 2.35 bits per heavy atom. The van der Waals surface area contributed by atoms with Gasteiger partial charge in [-0.3, -0.25) is 4.79 Å². The predicted octanol–water partition coefficient (Wildman–Crippen LogP) is 2.74. The van der Waals surface area contributed by atoms with Gasteiger partial charge < -0.3 is 5.73 Å². The van der Waals surface area contributed by atoms with Crippen molar-refractivity contribution in [3.8, 4) is 0 Å². The zero-order valence-corrected chi connectivity index (χ0v) is 10.9. The molecule has 0 radical (unpaired) electrons. The van der Waals surface area contributed by atoms with E-state index in [-0.39, 0.29) is 0 Å². The van der Waals surface area contributed by atoms with Crippen molar-refractivity contribution in [2.45, 2.75) is 39.5 Å². The minimum absolute atomic E-state index is 0.314. The molecule has 1 aromatic carbocycles. The van der Waals surface area contributed by atoms with Gasteiger partial charge in [-0.2, -0.15) is 0 Å². The number of aryl methyl sites for hydroxylation is 1. The summed E-state index contributed by atoms with van der Waals surface area (Å²) in [5, 5.41) is 0. The topological polar surface area (TPSA) is 43.1 Å². The summed E-state index contributed by atoms with van der Waals surface area (Å²) in [5.41, 5.74) is 7.97. The lowest BCUT2D eigenvalue weighted by Gasteiger charge is -2.07. The monoisotopic (exact) mass is 233 g/mol. The molecule has 0 aromatic heterocycles. The number of carbonyl (C=O) groups excluding carboxylic acids is 1. The number of ketones is 1. The standard InChI is InChI=1S/C15H23NO/c1-3-13-5-7-14(8-6-13)10-15(17)9-4-12(2)11-16/h5-8,12H,3-4,9-11,16H2,1-2H3. The first-order valence-electron chi connectivity index (χ1n) is 6.45. The van der Waals surface area contributed by atoms with Crippen molar-refractivity contribution in [2.75, 3.05) is 6.54 Å². The fraction of sp³-hybridized carbons (Fsp3) is 0.533. The van der Waals surface area contributed by atoms with Crippen LogP contribution < -0.4 is 5.73 Å². The van der Waals surface area contributed by atoms with Crippen LogP contribution in [0.1, 0.15) is 37.8 Å². The van der Waals surface area contributed by atoms with E-state index < -0.39 is 0 Å². The Labute approximate surface area is 104 Å². The van der Waals surface area contributed by atoms with E-state index in [0.717, 1.165) is 18.4 Å². The predicted molar refractivity (Wildman–Crippen MR) is 72.0 cm³/mol. The fourth-order valence-corrected chi connectivity index (χ4v) is 1.73. The van der Waals surface area contributed by atoms with Crippen molar-refractivity contribution in [1.82, 2.24) is 0 Å². The fourth-order valence-electron chi connectivity index (χ4n) is 1.73. The molecule has 0 aliphatic carbocycles. The van der Waals surface area contributed by atoms with Crippen LogP contribution >= 0.6 is 0 Å². The summed E-state index contributed by atoms with van der Waals surface area (Å²) in [6.07, 6.45) is 3.15. The highest BCUT2D eigenvalue weighted by atomic mass is 16.1. The minimum Gasteiger partial charge on any atom is -0.330 e. The van der Waals surface area contributed by atoms with Gasteiger partial charge in [0.1, 0.15) is 5.78 Å². The van der Waals surface area contributed by atoms with Crippen molar-refractivity contribution in [1.29, 1.82) is 0 Å². The molecule has 0 aliphatic heterocycles. The zero-order chi connectivity index (χ0) is 12.7. The van der Waals surface area contributed by atoms with Gasteiger partial charge in [-0.1, -0.05) is 38.1 Å². The normalized spacial score (nSPS) is 12.4. The van der Waals surface area contributed by atoms with Crippen LogP contribution in [0.25, 0.3) is 0 Å². The molecule has 1 unspecified atom stereocenters. The number of rotatable bonds is 7. The van der Waals surface area contributed by atoms with Crippen molar-refractivity contribution in [2.24, 2.45) is 11.7 Å². The summed E-state index contributed by atoms with van der Waals surface area (Å²) in [6.45, 7) is 4.89. The van der Waals surface area contributed by atoms with E-state index >= 15 is 0 Å². The van der Waals surface area contributed by atoms with Crippen LogP contribution in [0.5, 0.6) is 0 Å². The van der Waals surface area contributed by atoms with Gasteiger partial charge in [-0.15, -0.1) is 0 Å². The maximum atomic E-state index is 11.7. The third kappa shape index (κ3) is 5.14. The van der Waals surface area contributed by atoms with Gasteiger partial charge >= 0.3 is 0 Å². The molecule has 0 bridgehead atoms. The Morgan fingerprint density at radius 1 is 1.24 bits per heavy atom. The minimum atomic E-state index is 0.314. The highest BCUT2D eigenvalue weighted by molar-refractivity contribution is 5.80. The molecule has 1 rings (SSSR count). The third-order valence-electron chi connectivity index (χ3n) is 3.15. The average molecular weight is 233 g/mol. The lowest BCUT2D eigenvalue weighted by Crippen LogP contribution is -2.13. The molecule has 0 heterocycles. The summed E-state index contributed by atoms with van der Waals surface area (Å²) in [5.74, 6) is 0.760. The molecular formula is C15H23NO. The first-order chi connectivity index (χ1) is 8.15. The first kappa shape index (κ1) is 13.9. The van der Waals surface area contributed by atoms with Crippen LogP contribution in [-0.4, -0.2) is 12.3 Å². The van der Waals surface area contributed by atoms with E-state index in [1.807, 2.05) is 0 Å². The summed E-state index contributed by atoms with van der Waals surface area (Å²) in [7, 11) is 0. The van der Waals surface area contributed by atoms with Crippen LogP contribution in [0.3, 0.4) is 0 Å². The van der Waals surface area contributed by atoms with Crippen molar-refractivity contribution in [3.63, 3.8) is 0 Å². The molecule has 0 fully saturated rings. The molecule has 0 amide bonds. The average Bonchev–Trinajstić information content (AvgIpc) is 2.36. The van der Waals surface area contributed by atoms with Crippen LogP contribution in [-0.2, 0) is 17.6 Å². The van der Waals surface area contributed by atoms with Gasteiger partial charge in [-0.25, -0.2) is 0 Å². The summed E-state index contributed by atoms with van der Waals surface area (Å²) in [4.78, 5) is 11.7. The van der Waals surface area contributed by atoms with Gasteiger partial charge in [0.2, 0.25) is 0 Å². The zero-order valence-electron chi connectivity index (χ0n) is 10.9. The second-order valence-electron chi connectivity index (χ2n) is 4.77. The number of carbonyl (C=O) groups is 1. The smallest absolute Gasteiger partial charge is 0.137 e. The van der Waals surface area contributed by atoms with Crippen LogP contribution in [0.2, 0.25) is 0 Å². The van der Waals surface area contributed by atoms with Crippen molar-refractivity contribution < 1.29 is 4.79 Å². The van der Waals surface area contributed by atoms with Gasteiger partial charge in [0, 0.05) is 12.8 Å². The maximum Gasteiger partial charge on any atom is 0.137 e. The van der Waals surface area contributed by atoms with Crippen LogP contribution in [0, 0.1) is 5.92 Å². The third-order valence-corrected chi connectivity index (χ3v) is 3.15. The van der Waals surface area contributed by atoms with Crippen LogP contribution in [0.15, 0.2) is 24.3 Å². The maximum absolute atomic E-state index is 11.7. The quantitative estimate of drug-likeness (QED) is 0.787. The summed E-state index contributed by atoms with van der Waals surface area (Å²) >= 11 is 0. The molecule has 0 aliphatic rings. The number of benzene rings is 1. The SMILES string of the molecule is CCc1ccc(CC(=O)CCC(C)CN)cc1.